The quantitative estimate of drug-likeness (QED) is 0.606. The number of carbonyl (C=O) groups is 2. The zero-order chi connectivity index (χ0) is 24.6. The van der Waals surface area contributed by atoms with Crippen LogP contribution in [-0.2, 0) is 15.1 Å². The Hall–Kier alpha value is -2.25. The number of carbonyl (C=O) groups excluding carboxylic acids is 2. The first-order chi connectivity index (χ1) is 15.6. The highest BCUT2D eigenvalue weighted by Gasteiger charge is 2.43. The molecule has 1 aromatic heterocycles. The summed E-state index contributed by atoms with van der Waals surface area (Å²) in [5.74, 6) is 0.170. The van der Waals surface area contributed by atoms with Crippen molar-refractivity contribution in [3.63, 3.8) is 0 Å². The van der Waals surface area contributed by atoms with E-state index in [9.17, 15) is 14.7 Å². The third-order valence-electron chi connectivity index (χ3n) is 5.73. The number of thiazole rings is 1. The van der Waals surface area contributed by atoms with Gasteiger partial charge in [0.2, 0.25) is 12.3 Å². The van der Waals surface area contributed by atoms with Crippen molar-refractivity contribution in [3.05, 3.63) is 41.0 Å². The SMILES string of the molecule is CC.CC(C)(C)CC(=O)N1CCC(O)C1.Cc1ncsc1-c1ccc(C2(NC=O)CC2)cc1. The summed E-state index contributed by atoms with van der Waals surface area (Å²) in [6.07, 6.45) is 3.86. The van der Waals surface area contributed by atoms with Crippen molar-refractivity contribution in [1.29, 1.82) is 0 Å². The lowest BCUT2D eigenvalue weighted by molar-refractivity contribution is -0.132. The minimum absolute atomic E-state index is 0.0463. The molecule has 2 aliphatic rings. The smallest absolute Gasteiger partial charge is 0.223 e. The predicted octanol–water partition coefficient (Wildman–Crippen LogP) is 4.90. The topological polar surface area (TPSA) is 82.5 Å². The summed E-state index contributed by atoms with van der Waals surface area (Å²) < 4.78 is 0. The molecule has 0 bridgehead atoms. The largest absolute Gasteiger partial charge is 0.391 e. The van der Waals surface area contributed by atoms with E-state index in [4.69, 9.17) is 0 Å². The first-order valence-electron chi connectivity index (χ1n) is 11.8. The standard InChI is InChI=1S/C14H14N2OS.C10H19NO2.C2H6/c1-10-13(18-9-15-10)11-2-4-12(5-3-11)14(6-7-14)16-8-17;1-10(2,3)6-9(13)11-5-4-8(12)7-11;1-2/h2-5,8-9H,6-7H2,1H3,(H,16,17);8,12H,4-7H2,1-3H3;1-2H3. The number of aliphatic hydroxyl groups excluding tert-OH is 1. The minimum atomic E-state index is -0.302. The molecule has 1 saturated carbocycles. The van der Waals surface area contributed by atoms with E-state index in [-0.39, 0.29) is 23.0 Å². The van der Waals surface area contributed by atoms with Crippen molar-refractivity contribution in [3.8, 4) is 10.4 Å². The molecule has 1 saturated heterocycles. The van der Waals surface area contributed by atoms with E-state index >= 15 is 0 Å². The van der Waals surface area contributed by atoms with Crippen molar-refractivity contribution in [2.75, 3.05) is 13.1 Å². The maximum atomic E-state index is 11.6. The van der Waals surface area contributed by atoms with E-state index in [0.29, 0.717) is 13.0 Å². The molecule has 2 fully saturated rings. The molecule has 2 N–H and O–H groups in total. The Kier molecular flexibility index (Phi) is 9.61. The van der Waals surface area contributed by atoms with E-state index in [0.717, 1.165) is 37.9 Å². The number of aliphatic hydroxyl groups is 1. The van der Waals surface area contributed by atoms with Gasteiger partial charge in [0.05, 0.1) is 27.7 Å². The molecular formula is C26H39N3O3S. The Balaban J connectivity index is 0.000000228. The summed E-state index contributed by atoms with van der Waals surface area (Å²) in [4.78, 5) is 29.5. The summed E-state index contributed by atoms with van der Waals surface area (Å²) in [6, 6.07) is 8.45. The number of nitrogens with one attached hydrogen (secondary N) is 1. The zero-order valence-electron chi connectivity index (χ0n) is 20.9. The van der Waals surface area contributed by atoms with Gasteiger partial charge in [0, 0.05) is 19.5 Å². The van der Waals surface area contributed by atoms with Gasteiger partial charge in [0.25, 0.3) is 0 Å². The summed E-state index contributed by atoms with van der Waals surface area (Å²) in [5, 5.41) is 12.2. The number of benzene rings is 1. The van der Waals surface area contributed by atoms with Crippen LogP contribution in [0, 0.1) is 12.3 Å². The number of aryl methyl sites for hydroxylation is 1. The predicted molar refractivity (Wildman–Crippen MR) is 135 cm³/mol. The van der Waals surface area contributed by atoms with E-state index < -0.39 is 0 Å². The van der Waals surface area contributed by atoms with Gasteiger partial charge in [-0.15, -0.1) is 11.3 Å². The molecule has 1 aliphatic carbocycles. The van der Waals surface area contributed by atoms with Crippen LogP contribution in [0.3, 0.4) is 0 Å². The van der Waals surface area contributed by atoms with Gasteiger partial charge < -0.3 is 15.3 Å². The Morgan fingerprint density at radius 2 is 1.91 bits per heavy atom. The third kappa shape index (κ3) is 7.64. The fraction of sp³-hybridized carbons (Fsp3) is 0.577. The number of amides is 2. The number of hydrogen-bond acceptors (Lipinski definition) is 5. The fourth-order valence-electron chi connectivity index (χ4n) is 3.81. The van der Waals surface area contributed by atoms with Crippen LogP contribution in [0.25, 0.3) is 10.4 Å². The Morgan fingerprint density at radius 3 is 2.33 bits per heavy atom. The number of likely N-dealkylation sites (tertiary alicyclic amines) is 1. The Labute approximate surface area is 202 Å². The van der Waals surface area contributed by atoms with E-state index in [2.05, 4.69) is 55.3 Å². The highest BCUT2D eigenvalue weighted by Crippen LogP contribution is 2.45. The van der Waals surface area contributed by atoms with Crippen molar-refractivity contribution < 1.29 is 14.7 Å². The Morgan fingerprint density at radius 1 is 1.27 bits per heavy atom. The van der Waals surface area contributed by atoms with Crippen LogP contribution in [0.15, 0.2) is 29.8 Å². The van der Waals surface area contributed by atoms with Crippen molar-refractivity contribution >= 4 is 23.7 Å². The average Bonchev–Trinajstić information content (AvgIpc) is 3.21. The van der Waals surface area contributed by atoms with Gasteiger partial charge in [0.15, 0.2) is 0 Å². The number of nitrogens with zero attached hydrogens (tertiary/aromatic N) is 2. The number of hydrogen-bond donors (Lipinski definition) is 2. The Bertz CT molecular complexity index is 898. The van der Waals surface area contributed by atoms with Crippen molar-refractivity contribution in [1.82, 2.24) is 15.2 Å². The molecule has 2 heterocycles. The number of aromatic nitrogens is 1. The van der Waals surface area contributed by atoms with Gasteiger partial charge in [-0.2, -0.15) is 0 Å². The molecule has 2 amide bonds. The molecule has 1 atom stereocenters. The van der Waals surface area contributed by atoms with Gasteiger partial charge in [0.1, 0.15) is 0 Å². The second-order valence-corrected chi connectivity index (χ2v) is 10.6. The van der Waals surface area contributed by atoms with Crippen LogP contribution < -0.4 is 5.32 Å². The van der Waals surface area contributed by atoms with Crippen LogP contribution in [0.5, 0.6) is 0 Å². The van der Waals surface area contributed by atoms with Crippen LogP contribution in [-0.4, -0.2) is 46.5 Å². The average molecular weight is 474 g/mol. The maximum absolute atomic E-state index is 11.6. The summed E-state index contributed by atoms with van der Waals surface area (Å²) in [5.41, 5.74) is 5.28. The molecule has 0 radical (unpaired) electrons. The molecule has 1 aliphatic heterocycles. The molecule has 4 rings (SSSR count). The molecule has 33 heavy (non-hydrogen) atoms. The lowest BCUT2D eigenvalue weighted by Crippen LogP contribution is -2.32. The summed E-state index contributed by atoms with van der Waals surface area (Å²) in [6.45, 7) is 13.4. The third-order valence-corrected chi connectivity index (χ3v) is 6.71. The molecule has 182 valence electrons. The highest BCUT2D eigenvalue weighted by molar-refractivity contribution is 7.13. The molecule has 1 aromatic carbocycles. The summed E-state index contributed by atoms with van der Waals surface area (Å²) >= 11 is 1.66. The molecular weight excluding hydrogens is 434 g/mol. The number of β-amino-alcohol motifs (C(OH)–C–C–N with tert-alkyl or cyclic N) is 1. The second kappa shape index (κ2) is 11.7. The zero-order valence-corrected chi connectivity index (χ0v) is 21.7. The second-order valence-electron chi connectivity index (χ2n) is 9.71. The molecule has 0 spiro atoms. The van der Waals surface area contributed by atoms with Gasteiger partial charge >= 0.3 is 0 Å². The van der Waals surface area contributed by atoms with Crippen LogP contribution in [0.4, 0.5) is 0 Å². The van der Waals surface area contributed by atoms with E-state index in [1.165, 1.54) is 16.0 Å². The van der Waals surface area contributed by atoms with Gasteiger partial charge in [-0.1, -0.05) is 58.9 Å². The monoisotopic (exact) mass is 473 g/mol. The first-order valence-corrected chi connectivity index (χ1v) is 12.7. The van der Waals surface area contributed by atoms with E-state index in [1.807, 2.05) is 26.3 Å². The van der Waals surface area contributed by atoms with Gasteiger partial charge in [-0.3, -0.25) is 9.59 Å². The number of rotatable bonds is 5. The molecule has 7 heteroatoms. The van der Waals surface area contributed by atoms with Gasteiger partial charge in [-0.05, 0) is 42.7 Å². The minimum Gasteiger partial charge on any atom is -0.391 e. The van der Waals surface area contributed by atoms with Crippen molar-refractivity contribution in [2.45, 2.75) is 78.9 Å². The van der Waals surface area contributed by atoms with Gasteiger partial charge in [-0.25, -0.2) is 4.98 Å². The van der Waals surface area contributed by atoms with Crippen LogP contribution >= 0.6 is 11.3 Å². The van der Waals surface area contributed by atoms with Crippen LogP contribution in [0.1, 0.15) is 71.6 Å². The fourth-order valence-corrected chi connectivity index (χ4v) is 4.62. The lowest BCUT2D eigenvalue weighted by atomic mass is 9.92. The van der Waals surface area contributed by atoms with E-state index in [1.54, 1.807) is 16.2 Å². The molecule has 6 nitrogen and oxygen atoms in total. The molecule has 2 aromatic rings. The first kappa shape index (κ1) is 27.0. The van der Waals surface area contributed by atoms with Crippen molar-refractivity contribution in [2.24, 2.45) is 5.41 Å². The maximum Gasteiger partial charge on any atom is 0.223 e. The van der Waals surface area contributed by atoms with Crippen LogP contribution in [0.2, 0.25) is 0 Å². The summed E-state index contributed by atoms with van der Waals surface area (Å²) in [7, 11) is 0. The lowest BCUT2D eigenvalue weighted by Gasteiger charge is -2.22. The highest BCUT2D eigenvalue weighted by atomic mass is 32.1. The molecule has 1 unspecified atom stereocenters. The normalized spacial score (nSPS) is 18.4.